The van der Waals surface area contributed by atoms with Crippen LogP contribution in [0, 0.1) is 0 Å². The lowest BCUT2D eigenvalue weighted by molar-refractivity contribution is -0.870. The molecule has 0 aromatic carbocycles. The maximum absolute atomic E-state index is 12.9. The lowest BCUT2D eigenvalue weighted by Crippen LogP contribution is -2.51. The zero-order valence-electron chi connectivity index (χ0n) is 38.8. The maximum Gasteiger partial charge on any atom is 0.268 e. The molecule has 0 aliphatic heterocycles. The summed E-state index contributed by atoms with van der Waals surface area (Å²) in [5.41, 5.74) is 0. The number of rotatable bonds is 43. The standard InChI is InChI=1S/C49H93N2O7P/c1-6-8-10-12-14-16-18-20-21-22-23-24-25-26-27-28-29-30-32-34-36-38-40-42-48(53)50-46(45-58-59(55,56)57-44-43-51(3,4)5)49(54)47(52)41-39-37-35-33-31-19-17-15-13-11-9-7-2/h18,20,22-23,25-26,33,35,46-47,49,52,54H,6-17,19,21,24,27-32,34,36-45H2,1-5H3,(H-,50,53,55,56)/b20-18-,23-22-,26-25-,35-33+. The number of hydrogen-bond acceptors (Lipinski definition) is 7. The van der Waals surface area contributed by atoms with E-state index in [9.17, 15) is 24.5 Å². The van der Waals surface area contributed by atoms with E-state index in [0.717, 1.165) is 51.4 Å². The van der Waals surface area contributed by atoms with Crippen LogP contribution in [-0.2, 0) is 18.4 Å². The first kappa shape index (κ1) is 57.4. The fourth-order valence-corrected chi connectivity index (χ4v) is 7.45. The van der Waals surface area contributed by atoms with Crippen LogP contribution < -0.4 is 10.2 Å². The van der Waals surface area contributed by atoms with Crippen LogP contribution in [0.5, 0.6) is 0 Å². The Hall–Kier alpha value is -1.58. The summed E-state index contributed by atoms with van der Waals surface area (Å²) in [6.45, 7) is 4.38. The smallest absolute Gasteiger partial charge is 0.268 e. The fourth-order valence-electron chi connectivity index (χ4n) is 6.73. The van der Waals surface area contributed by atoms with E-state index in [1.54, 1.807) is 0 Å². The predicted octanol–water partition coefficient (Wildman–Crippen LogP) is 12.0. The number of unbranched alkanes of at least 4 members (excludes halogenated alkanes) is 21. The van der Waals surface area contributed by atoms with Gasteiger partial charge in [0.25, 0.3) is 7.82 Å². The Kier molecular flexibility index (Phi) is 39.4. The van der Waals surface area contributed by atoms with Gasteiger partial charge in [0.2, 0.25) is 5.91 Å². The number of carbonyl (C=O) groups excluding carboxylic acids is 1. The molecule has 0 aliphatic rings. The minimum absolute atomic E-state index is 0.0493. The van der Waals surface area contributed by atoms with Crippen LogP contribution in [0.4, 0.5) is 0 Å². The zero-order chi connectivity index (χ0) is 43.7. The minimum Gasteiger partial charge on any atom is -0.756 e. The van der Waals surface area contributed by atoms with Crippen molar-refractivity contribution in [2.45, 2.75) is 218 Å². The van der Waals surface area contributed by atoms with Crippen LogP contribution in [0.15, 0.2) is 48.6 Å². The summed E-state index contributed by atoms with van der Waals surface area (Å²) >= 11 is 0. The van der Waals surface area contributed by atoms with Gasteiger partial charge in [-0.3, -0.25) is 9.36 Å². The van der Waals surface area contributed by atoms with E-state index in [4.69, 9.17) is 9.05 Å². The summed E-state index contributed by atoms with van der Waals surface area (Å²) in [5, 5.41) is 24.6. The highest BCUT2D eigenvalue weighted by Crippen LogP contribution is 2.38. The highest BCUT2D eigenvalue weighted by molar-refractivity contribution is 7.45. The highest BCUT2D eigenvalue weighted by Gasteiger charge is 2.29. The molecule has 59 heavy (non-hydrogen) atoms. The van der Waals surface area contributed by atoms with Crippen LogP contribution in [0.1, 0.15) is 200 Å². The molecule has 10 heteroatoms. The van der Waals surface area contributed by atoms with Crippen molar-refractivity contribution in [1.29, 1.82) is 0 Å². The number of hydrogen-bond donors (Lipinski definition) is 3. The summed E-state index contributed by atoms with van der Waals surface area (Å²) in [6.07, 6.45) is 47.2. The Morgan fingerprint density at radius 2 is 1.02 bits per heavy atom. The maximum atomic E-state index is 12.9. The van der Waals surface area contributed by atoms with Gasteiger partial charge in [0.15, 0.2) is 0 Å². The topological polar surface area (TPSA) is 128 Å². The SMILES string of the molecule is CCCCCCC/C=C\C/C=C\C/C=C\CCCCCCCCCCC(=O)NC(COP(=O)([O-])OCC[N+](C)(C)C)C(O)C(O)CCC/C=C/CCCCCCCCC. The number of quaternary nitrogens is 1. The third-order valence-corrected chi connectivity index (χ3v) is 11.6. The van der Waals surface area contributed by atoms with E-state index in [1.165, 1.54) is 109 Å². The second-order valence-electron chi connectivity index (χ2n) is 17.6. The average Bonchev–Trinajstić information content (AvgIpc) is 3.19. The van der Waals surface area contributed by atoms with Gasteiger partial charge in [0, 0.05) is 6.42 Å². The predicted molar refractivity (Wildman–Crippen MR) is 248 cm³/mol. The summed E-state index contributed by atoms with van der Waals surface area (Å²) in [7, 11) is 1.10. The van der Waals surface area contributed by atoms with Crippen LogP contribution in [-0.4, -0.2) is 79.8 Å². The van der Waals surface area contributed by atoms with Gasteiger partial charge in [-0.2, -0.15) is 0 Å². The van der Waals surface area contributed by atoms with Gasteiger partial charge in [-0.1, -0.05) is 165 Å². The fraction of sp³-hybridized carbons (Fsp3) is 0.816. The molecule has 4 unspecified atom stereocenters. The lowest BCUT2D eigenvalue weighted by atomic mass is 10.0. The first-order chi connectivity index (χ1) is 28.4. The van der Waals surface area contributed by atoms with Gasteiger partial charge in [0.1, 0.15) is 19.3 Å². The van der Waals surface area contributed by atoms with Crippen molar-refractivity contribution in [2.75, 3.05) is 40.9 Å². The number of phosphoric acid groups is 1. The van der Waals surface area contributed by atoms with Crippen molar-refractivity contribution >= 4 is 13.7 Å². The van der Waals surface area contributed by atoms with Crippen LogP contribution in [0.25, 0.3) is 0 Å². The van der Waals surface area contributed by atoms with E-state index in [2.05, 4.69) is 67.8 Å². The third-order valence-electron chi connectivity index (χ3n) is 10.6. The quantitative estimate of drug-likeness (QED) is 0.0241. The molecule has 0 bridgehead atoms. The first-order valence-electron chi connectivity index (χ1n) is 24.1. The number of allylic oxidation sites excluding steroid dienone is 8. The average molecular weight is 853 g/mol. The van der Waals surface area contributed by atoms with Gasteiger partial charge in [0.05, 0.1) is 39.9 Å². The van der Waals surface area contributed by atoms with E-state index >= 15 is 0 Å². The Bertz CT molecular complexity index is 1120. The molecule has 0 heterocycles. The van der Waals surface area contributed by atoms with Gasteiger partial charge < -0.3 is 34.0 Å². The Morgan fingerprint density at radius 1 is 0.610 bits per heavy atom. The second-order valence-corrected chi connectivity index (χ2v) is 19.0. The third kappa shape index (κ3) is 41.5. The van der Waals surface area contributed by atoms with E-state index in [1.807, 2.05) is 21.1 Å². The molecule has 0 aromatic rings. The number of carbonyl (C=O) groups is 1. The van der Waals surface area contributed by atoms with Crippen molar-refractivity contribution in [2.24, 2.45) is 0 Å². The van der Waals surface area contributed by atoms with Gasteiger partial charge in [-0.25, -0.2) is 0 Å². The van der Waals surface area contributed by atoms with Crippen molar-refractivity contribution < 1.29 is 38.0 Å². The highest BCUT2D eigenvalue weighted by atomic mass is 31.2. The van der Waals surface area contributed by atoms with Crippen molar-refractivity contribution in [3.8, 4) is 0 Å². The molecule has 3 N–H and O–H groups in total. The molecule has 1 amide bonds. The van der Waals surface area contributed by atoms with Crippen molar-refractivity contribution in [3.05, 3.63) is 48.6 Å². The molecule has 0 spiro atoms. The van der Waals surface area contributed by atoms with Crippen LogP contribution >= 0.6 is 7.82 Å². The number of amides is 1. The van der Waals surface area contributed by atoms with Crippen molar-refractivity contribution in [3.63, 3.8) is 0 Å². The number of likely N-dealkylation sites (N-methyl/N-ethyl adjacent to an activating group) is 1. The molecule has 346 valence electrons. The van der Waals surface area contributed by atoms with E-state index < -0.39 is 32.7 Å². The molecule has 4 atom stereocenters. The second kappa shape index (κ2) is 40.5. The summed E-state index contributed by atoms with van der Waals surface area (Å²) < 4.78 is 23.1. The summed E-state index contributed by atoms with van der Waals surface area (Å²) in [4.78, 5) is 25.4. The number of nitrogens with one attached hydrogen (secondary N) is 1. The number of aliphatic hydroxyl groups is 2. The molecular weight excluding hydrogens is 760 g/mol. The van der Waals surface area contributed by atoms with Crippen LogP contribution in [0.2, 0.25) is 0 Å². The van der Waals surface area contributed by atoms with Gasteiger partial charge in [-0.15, -0.1) is 0 Å². The molecule has 9 nitrogen and oxygen atoms in total. The van der Waals surface area contributed by atoms with E-state index in [0.29, 0.717) is 30.3 Å². The molecule has 0 saturated carbocycles. The summed E-state index contributed by atoms with van der Waals surface area (Å²) in [5.74, 6) is -0.297. The number of phosphoric ester groups is 1. The zero-order valence-corrected chi connectivity index (χ0v) is 39.7. The summed E-state index contributed by atoms with van der Waals surface area (Å²) in [6, 6.07) is -1.09. The normalized spacial score (nSPS) is 15.2. The minimum atomic E-state index is -4.68. The molecule has 0 rings (SSSR count). The molecule has 0 aliphatic carbocycles. The molecule has 0 saturated heterocycles. The Morgan fingerprint density at radius 3 is 1.49 bits per heavy atom. The number of aliphatic hydroxyl groups excluding tert-OH is 2. The van der Waals surface area contributed by atoms with Gasteiger partial charge >= 0.3 is 0 Å². The van der Waals surface area contributed by atoms with Crippen molar-refractivity contribution in [1.82, 2.24) is 5.32 Å². The molecule has 0 aromatic heterocycles. The molecule has 0 radical (unpaired) electrons. The molecule has 0 fully saturated rings. The number of nitrogens with zero attached hydrogens (tertiary/aromatic N) is 1. The Labute approximate surface area is 363 Å². The Balaban J connectivity index is 4.42. The monoisotopic (exact) mass is 853 g/mol. The van der Waals surface area contributed by atoms with Gasteiger partial charge in [-0.05, 0) is 77.0 Å². The first-order valence-corrected chi connectivity index (χ1v) is 25.5. The van der Waals surface area contributed by atoms with E-state index in [-0.39, 0.29) is 18.9 Å². The largest absolute Gasteiger partial charge is 0.756 e. The lowest BCUT2D eigenvalue weighted by Gasteiger charge is -2.31. The molecular formula is C49H93N2O7P. The van der Waals surface area contributed by atoms with Crippen LogP contribution in [0.3, 0.4) is 0 Å².